The van der Waals surface area contributed by atoms with Crippen LogP contribution in [0.3, 0.4) is 0 Å². The molecule has 3 nitrogen and oxygen atoms in total. The predicted molar refractivity (Wildman–Crippen MR) is 76.6 cm³/mol. The van der Waals surface area contributed by atoms with Crippen molar-refractivity contribution in [3.05, 3.63) is 24.2 Å². The van der Waals surface area contributed by atoms with Gasteiger partial charge in [0.2, 0.25) is 0 Å². The fraction of sp³-hybridized carbons (Fsp3) is 0.733. The Morgan fingerprint density at radius 2 is 2.17 bits per heavy atom. The van der Waals surface area contributed by atoms with Crippen molar-refractivity contribution >= 4 is 0 Å². The Hall–Kier alpha value is -0.800. The van der Waals surface area contributed by atoms with Crippen molar-refractivity contribution in [3.63, 3.8) is 0 Å². The van der Waals surface area contributed by atoms with E-state index in [4.69, 9.17) is 4.42 Å². The summed E-state index contributed by atoms with van der Waals surface area (Å²) in [4.78, 5) is 2.34. The minimum Gasteiger partial charge on any atom is -0.468 e. The highest BCUT2D eigenvalue weighted by molar-refractivity contribution is 4.98. The summed E-state index contributed by atoms with van der Waals surface area (Å²) in [7, 11) is 2.16. The Labute approximate surface area is 112 Å². The van der Waals surface area contributed by atoms with Crippen molar-refractivity contribution in [2.24, 2.45) is 5.41 Å². The Morgan fingerprint density at radius 1 is 1.44 bits per heavy atom. The van der Waals surface area contributed by atoms with E-state index in [0.29, 0.717) is 11.5 Å². The van der Waals surface area contributed by atoms with Crippen LogP contribution in [0.15, 0.2) is 22.8 Å². The lowest BCUT2D eigenvalue weighted by molar-refractivity contribution is 0.164. The third-order valence-corrected chi connectivity index (χ3v) is 3.45. The van der Waals surface area contributed by atoms with E-state index >= 15 is 0 Å². The van der Waals surface area contributed by atoms with Gasteiger partial charge in [-0.3, -0.25) is 4.90 Å². The van der Waals surface area contributed by atoms with E-state index in [0.717, 1.165) is 25.4 Å². The SMILES string of the molecule is CCC(C)(CNC(C)C)CN(C)Cc1ccco1. The highest BCUT2D eigenvalue weighted by Crippen LogP contribution is 2.22. The minimum atomic E-state index is 0.311. The lowest BCUT2D eigenvalue weighted by Gasteiger charge is -2.33. The summed E-state index contributed by atoms with van der Waals surface area (Å²) in [6.07, 6.45) is 2.91. The highest BCUT2D eigenvalue weighted by Gasteiger charge is 2.24. The molecule has 0 aliphatic rings. The lowest BCUT2D eigenvalue weighted by atomic mass is 9.86. The van der Waals surface area contributed by atoms with E-state index in [1.165, 1.54) is 6.42 Å². The summed E-state index contributed by atoms with van der Waals surface area (Å²) >= 11 is 0. The van der Waals surface area contributed by atoms with Crippen molar-refractivity contribution in [1.29, 1.82) is 0 Å². The molecule has 0 aliphatic carbocycles. The third kappa shape index (κ3) is 5.23. The van der Waals surface area contributed by atoms with Gasteiger partial charge in [0, 0.05) is 19.1 Å². The molecular weight excluding hydrogens is 224 g/mol. The van der Waals surface area contributed by atoms with E-state index < -0.39 is 0 Å². The zero-order chi connectivity index (χ0) is 13.6. The second-order valence-corrected chi connectivity index (χ2v) is 5.95. The Morgan fingerprint density at radius 3 is 2.67 bits per heavy atom. The molecule has 104 valence electrons. The maximum atomic E-state index is 5.39. The van der Waals surface area contributed by atoms with Crippen molar-refractivity contribution in [2.75, 3.05) is 20.1 Å². The molecule has 1 aromatic rings. The van der Waals surface area contributed by atoms with Crippen LogP contribution in [0.5, 0.6) is 0 Å². The predicted octanol–water partition coefficient (Wildman–Crippen LogP) is 3.13. The fourth-order valence-corrected chi connectivity index (χ4v) is 2.12. The summed E-state index contributed by atoms with van der Waals surface area (Å²) in [6, 6.07) is 4.53. The van der Waals surface area contributed by atoms with Crippen LogP contribution in [0.4, 0.5) is 0 Å². The van der Waals surface area contributed by atoms with Gasteiger partial charge in [-0.05, 0) is 31.0 Å². The van der Waals surface area contributed by atoms with E-state index in [2.05, 4.69) is 45.0 Å². The second kappa shape index (κ2) is 6.95. The van der Waals surface area contributed by atoms with Gasteiger partial charge >= 0.3 is 0 Å². The molecule has 0 saturated heterocycles. The second-order valence-electron chi connectivity index (χ2n) is 5.95. The topological polar surface area (TPSA) is 28.4 Å². The molecule has 1 rings (SSSR count). The normalized spacial score (nSPS) is 15.3. The Balaban J connectivity index is 2.45. The van der Waals surface area contributed by atoms with Crippen LogP contribution in [-0.4, -0.2) is 31.1 Å². The first kappa shape index (κ1) is 15.3. The molecule has 1 heterocycles. The molecule has 18 heavy (non-hydrogen) atoms. The molecule has 0 spiro atoms. The highest BCUT2D eigenvalue weighted by atomic mass is 16.3. The van der Waals surface area contributed by atoms with Gasteiger partial charge in [0.25, 0.3) is 0 Å². The fourth-order valence-electron chi connectivity index (χ4n) is 2.12. The van der Waals surface area contributed by atoms with Gasteiger partial charge in [0.05, 0.1) is 12.8 Å². The number of hydrogen-bond acceptors (Lipinski definition) is 3. The zero-order valence-electron chi connectivity index (χ0n) is 12.5. The summed E-state index contributed by atoms with van der Waals surface area (Å²) in [6.45, 7) is 12.0. The average Bonchev–Trinajstić information content (AvgIpc) is 2.79. The third-order valence-electron chi connectivity index (χ3n) is 3.45. The maximum Gasteiger partial charge on any atom is 0.117 e. The number of nitrogens with zero attached hydrogens (tertiary/aromatic N) is 1. The maximum absolute atomic E-state index is 5.39. The standard InChI is InChI=1S/C15H28N2O/c1-6-15(4,11-16-13(2)3)12-17(5)10-14-8-7-9-18-14/h7-9,13,16H,6,10-12H2,1-5H3. The van der Waals surface area contributed by atoms with Crippen molar-refractivity contribution in [2.45, 2.75) is 46.7 Å². The van der Waals surface area contributed by atoms with Gasteiger partial charge in [0.15, 0.2) is 0 Å². The van der Waals surface area contributed by atoms with Crippen LogP contribution in [0.25, 0.3) is 0 Å². The largest absolute Gasteiger partial charge is 0.468 e. The average molecular weight is 252 g/mol. The summed E-state index contributed by atoms with van der Waals surface area (Å²) < 4.78 is 5.39. The van der Waals surface area contributed by atoms with E-state index in [1.807, 2.05) is 12.1 Å². The molecule has 0 radical (unpaired) electrons. The van der Waals surface area contributed by atoms with Crippen LogP contribution in [0, 0.1) is 5.41 Å². The van der Waals surface area contributed by atoms with Gasteiger partial charge in [0.1, 0.15) is 5.76 Å². The van der Waals surface area contributed by atoms with Crippen LogP contribution in [0.1, 0.15) is 39.9 Å². The van der Waals surface area contributed by atoms with E-state index in [-0.39, 0.29) is 0 Å². The molecule has 0 fully saturated rings. The van der Waals surface area contributed by atoms with Gasteiger partial charge in [-0.15, -0.1) is 0 Å². The number of nitrogens with one attached hydrogen (secondary N) is 1. The van der Waals surface area contributed by atoms with Crippen LogP contribution < -0.4 is 5.32 Å². The molecule has 0 saturated carbocycles. The molecule has 0 amide bonds. The molecule has 1 aromatic heterocycles. The molecule has 0 aliphatic heterocycles. The van der Waals surface area contributed by atoms with Crippen molar-refractivity contribution < 1.29 is 4.42 Å². The number of furan rings is 1. The Bertz CT molecular complexity index is 321. The van der Waals surface area contributed by atoms with Crippen LogP contribution >= 0.6 is 0 Å². The first-order chi connectivity index (χ1) is 8.45. The van der Waals surface area contributed by atoms with E-state index in [9.17, 15) is 0 Å². The lowest BCUT2D eigenvalue weighted by Crippen LogP contribution is -2.42. The smallest absolute Gasteiger partial charge is 0.117 e. The first-order valence-corrected chi connectivity index (χ1v) is 6.89. The molecule has 1 unspecified atom stereocenters. The van der Waals surface area contributed by atoms with Crippen LogP contribution in [0.2, 0.25) is 0 Å². The Kier molecular flexibility index (Phi) is 5.89. The molecular formula is C15H28N2O. The van der Waals surface area contributed by atoms with E-state index in [1.54, 1.807) is 6.26 Å². The molecule has 0 aromatic carbocycles. The molecule has 0 bridgehead atoms. The van der Waals surface area contributed by atoms with Gasteiger partial charge in [-0.2, -0.15) is 0 Å². The van der Waals surface area contributed by atoms with Gasteiger partial charge < -0.3 is 9.73 Å². The number of hydrogen-bond donors (Lipinski definition) is 1. The molecule has 1 atom stereocenters. The van der Waals surface area contributed by atoms with Crippen molar-refractivity contribution in [3.8, 4) is 0 Å². The summed E-state index contributed by atoms with van der Waals surface area (Å²) in [5.41, 5.74) is 0.311. The summed E-state index contributed by atoms with van der Waals surface area (Å²) in [5.74, 6) is 1.03. The van der Waals surface area contributed by atoms with Crippen LogP contribution in [-0.2, 0) is 6.54 Å². The molecule has 1 N–H and O–H groups in total. The number of rotatable bonds is 8. The first-order valence-electron chi connectivity index (χ1n) is 6.89. The quantitative estimate of drug-likeness (QED) is 0.770. The minimum absolute atomic E-state index is 0.311. The zero-order valence-corrected chi connectivity index (χ0v) is 12.5. The molecule has 3 heteroatoms. The summed E-state index contributed by atoms with van der Waals surface area (Å²) in [5, 5.41) is 3.55. The van der Waals surface area contributed by atoms with Gasteiger partial charge in [-0.1, -0.05) is 27.7 Å². The monoisotopic (exact) mass is 252 g/mol. The van der Waals surface area contributed by atoms with Gasteiger partial charge in [-0.25, -0.2) is 0 Å². The van der Waals surface area contributed by atoms with Crippen molar-refractivity contribution in [1.82, 2.24) is 10.2 Å².